The van der Waals surface area contributed by atoms with E-state index in [-0.39, 0.29) is 0 Å². The number of ether oxygens (including phenoxy) is 3. The van der Waals surface area contributed by atoms with Gasteiger partial charge in [-0.3, -0.25) is 0 Å². The zero-order valence-electron chi connectivity index (χ0n) is 11.6. The summed E-state index contributed by atoms with van der Waals surface area (Å²) in [6, 6.07) is 3.63. The number of rotatable bonds is 9. The molecule has 0 aromatic heterocycles. The molecule has 5 heteroatoms. The SMILES string of the molecule is COCCCCOc1c(CCN)cc(Cl)cc1OC. The van der Waals surface area contributed by atoms with Crippen LogP contribution in [0.2, 0.25) is 5.02 Å². The maximum Gasteiger partial charge on any atom is 0.164 e. The van der Waals surface area contributed by atoms with Crippen LogP contribution in [0.3, 0.4) is 0 Å². The van der Waals surface area contributed by atoms with E-state index in [1.807, 2.05) is 6.07 Å². The van der Waals surface area contributed by atoms with Gasteiger partial charge >= 0.3 is 0 Å². The van der Waals surface area contributed by atoms with Gasteiger partial charge in [0.25, 0.3) is 0 Å². The van der Waals surface area contributed by atoms with Crippen molar-refractivity contribution in [3.63, 3.8) is 0 Å². The Morgan fingerprint density at radius 2 is 1.89 bits per heavy atom. The third-order valence-electron chi connectivity index (χ3n) is 2.72. The Morgan fingerprint density at radius 1 is 1.16 bits per heavy atom. The van der Waals surface area contributed by atoms with Crippen molar-refractivity contribution in [2.45, 2.75) is 19.3 Å². The molecule has 0 bridgehead atoms. The number of hydrogen-bond donors (Lipinski definition) is 1. The minimum Gasteiger partial charge on any atom is -0.493 e. The smallest absolute Gasteiger partial charge is 0.164 e. The summed E-state index contributed by atoms with van der Waals surface area (Å²) < 4.78 is 16.1. The predicted octanol–water partition coefficient (Wildman–Crippen LogP) is 2.66. The van der Waals surface area contributed by atoms with Gasteiger partial charge in [0.05, 0.1) is 13.7 Å². The van der Waals surface area contributed by atoms with Crippen LogP contribution < -0.4 is 15.2 Å². The van der Waals surface area contributed by atoms with Crippen molar-refractivity contribution in [2.75, 3.05) is 34.0 Å². The van der Waals surface area contributed by atoms with Crippen LogP contribution in [0.25, 0.3) is 0 Å². The first-order valence-electron chi connectivity index (χ1n) is 6.41. The van der Waals surface area contributed by atoms with Crippen molar-refractivity contribution in [3.05, 3.63) is 22.7 Å². The molecule has 4 nitrogen and oxygen atoms in total. The van der Waals surface area contributed by atoms with Crippen molar-refractivity contribution in [2.24, 2.45) is 5.73 Å². The zero-order chi connectivity index (χ0) is 14.1. The van der Waals surface area contributed by atoms with E-state index in [4.69, 9.17) is 31.5 Å². The van der Waals surface area contributed by atoms with Crippen molar-refractivity contribution in [1.29, 1.82) is 0 Å². The molecule has 2 N–H and O–H groups in total. The van der Waals surface area contributed by atoms with Gasteiger partial charge in [-0.1, -0.05) is 11.6 Å². The fraction of sp³-hybridized carbons (Fsp3) is 0.571. The van der Waals surface area contributed by atoms with Crippen molar-refractivity contribution < 1.29 is 14.2 Å². The van der Waals surface area contributed by atoms with Crippen molar-refractivity contribution in [3.8, 4) is 11.5 Å². The molecule has 0 fully saturated rings. The molecule has 0 spiro atoms. The zero-order valence-corrected chi connectivity index (χ0v) is 12.3. The average molecular weight is 288 g/mol. The first kappa shape index (κ1) is 16.1. The maximum atomic E-state index is 6.05. The lowest BCUT2D eigenvalue weighted by atomic mass is 10.1. The van der Waals surface area contributed by atoms with Crippen LogP contribution in [-0.2, 0) is 11.2 Å². The summed E-state index contributed by atoms with van der Waals surface area (Å²) in [4.78, 5) is 0. The topological polar surface area (TPSA) is 53.7 Å². The molecule has 0 radical (unpaired) electrons. The van der Waals surface area contributed by atoms with E-state index in [1.165, 1.54) is 0 Å². The molecule has 0 aliphatic heterocycles. The Balaban J connectivity index is 2.72. The summed E-state index contributed by atoms with van der Waals surface area (Å²) in [5.41, 5.74) is 6.59. The van der Waals surface area contributed by atoms with Gasteiger partial charge in [0, 0.05) is 30.4 Å². The molecule has 108 valence electrons. The van der Waals surface area contributed by atoms with E-state index < -0.39 is 0 Å². The molecule has 1 rings (SSSR count). The van der Waals surface area contributed by atoms with Crippen LogP contribution in [0, 0.1) is 0 Å². The second-order valence-electron chi connectivity index (χ2n) is 4.18. The van der Waals surface area contributed by atoms with Gasteiger partial charge < -0.3 is 19.9 Å². The second-order valence-corrected chi connectivity index (χ2v) is 4.62. The molecule has 0 heterocycles. The highest BCUT2D eigenvalue weighted by molar-refractivity contribution is 6.30. The Bertz CT molecular complexity index is 385. The normalized spacial score (nSPS) is 10.5. The molecule has 1 aromatic rings. The van der Waals surface area contributed by atoms with Gasteiger partial charge in [0.1, 0.15) is 0 Å². The van der Waals surface area contributed by atoms with Crippen LogP contribution in [0.5, 0.6) is 11.5 Å². The lowest BCUT2D eigenvalue weighted by Crippen LogP contribution is -2.08. The van der Waals surface area contributed by atoms with Crippen LogP contribution in [0.15, 0.2) is 12.1 Å². The molecule has 0 aliphatic rings. The predicted molar refractivity (Wildman–Crippen MR) is 77.4 cm³/mol. The van der Waals surface area contributed by atoms with Gasteiger partial charge in [-0.05, 0) is 31.9 Å². The van der Waals surface area contributed by atoms with Crippen molar-refractivity contribution >= 4 is 11.6 Å². The number of benzene rings is 1. The highest BCUT2D eigenvalue weighted by Gasteiger charge is 2.12. The second kappa shape index (κ2) is 9.02. The monoisotopic (exact) mass is 287 g/mol. The molecule has 1 aromatic carbocycles. The van der Waals surface area contributed by atoms with Crippen LogP contribution in [-0.4, -0.2) is 34.0 Å². The lowest BCUT2D eigenvalue weighted by molar-refractivity contribution is 0.183. The standard InChI is InChI=1S/C14H22ClNO3/c1-17-7-3-4-8-19-14-11(5-6-16)9-12(15)10-13(14)18-2/h9-10H,3-8,16H2,1-2H3. The Morgan fingerprint density at radius 3 is 2.53 bits per heavy atom. The molecule has 0 saturated heterocycles. The molecule has 0 atom stereocenters. The van der Waals surface area contributed by atoms with E-state index in [2.05, 4.69) is 0 Å². The fourth-order valence-electron chi connectivity index (χ4n) is 1.80. The van der Waals surface area contributed by atoms with Crippen LogP contribution in [0.4, 0.5) is 0 Å². The summed E-state index contributed by atoms with van der Waals surface area (Å²) >= 11 is 6.05. The average Bonchev–Trinajstić information content (AvgIpc) is 2.40. The number of nitrogens with two attached hydrogens (primary N) is 1. The number of unbranched alkanes of at least 4 members (excludes halogenated alkanes) is 1. The largest absolute Gasteiger partial charge is 0.493 e. The van der Waals surface area contributed by atoms with E-state index >= 15 is 0 Å². The minimum absolute atomic E-state index is 0.545. The maximum absolute atomic E-state index is 6.05. The van der Waals surface area contributed by atoms with E-state index in [9.17, 15) is 0 Å². The summed E-state index contributed by atoms with van der Waals surface area (Å²) in [5, 5.41) is 0.632. The lowest BCUT2D eigenvalue weighted by Gasteiger charge is -2.15. The fourth-order valence-corrected chi connectivity index (χ4v) is 2.03. The Labute approximate surface area is 119 Å². The third kappa shape index (κ3) is 5.27. The third-order valence-corrected chi connectivity index (χ3v) is 2.94. The molecule has 0 saturated carbocycles. The number of methoxy groups -OCH3 is 2. The minimum atomic E-state index is 0.545. The summed E-state index contributed by atoms with van der Waals surface area (Å²) in [6.07, 6.45) is 2.62. The van der Waals surface area contributed by atoms with Crippen molar-refractivity contribution in [1.82, 2.24) is 0 Å². The quantitative estimate of drug-likeness (QED) is 0.710. The van der Waals surface area contributed by atoms with E-state index in [0.29, 0.717) is 30.3 Å². The molecule has 19 heavy (non-hydrogen) atoms. The highest BCUT2D eigenvalue weighted by atomic mass is 35.5. The van der Waals surface area contributed by atoms with Gasteiger partial charge in [-0.25, -0.2) is 0 Å². The first-order valence-corrected chi connectivity index (χ1v) is 6.79. The number of hydrogen-bond acceptors (Lipinski definition) is 4. The van der Waals surface area contributed by atoms with E-state index in [1.54, 1.807) is 20.3 Å². The Hall–Kier alpha value is -0.970. The van der Waals surface area contributed by atoms with Gasteiger partial charge in [0.2, 0.25) is 0 Å². The van der Waals surface area contributed by atoms with Crippen LogP contribution >= 0.6 is 11.6 Å². The van der Waals surface area contributed by atoms with E-state index in [0.717, 1.165) is 30.8 Å². The molecule has 0 unspecified atom stereocenters. The first-order chi connectivity index (χ1) is 9.22. The summed E-state index contributed by atoms with van der Waals surface area (Å²) in [6.45, 7) is 1.92. The molecule has 0 amide bonds. The molecular formula is C14H22ClNO3. The summed E-state index contributed by atoms with van der Waals surface area (Å²) in [5.74, 6) is 1.40. The van der Waals surface area contributed by atoms with Gasteiger partial charge in [-0.2, -0.15) is 0 Å². The van der Waals surface area contributed by atoms with Gasteiger partial charge in [0.15, 0.2) is 11.5 Å². The van der Waals surface area contributed by atoms with Crippen LogP contribution in [0.1, 0.15) is 18.4 Å². The number of halogens is 1. The molecule has 0 aliphatic carbocycles. The highest BCUT2D eigenvalue weighted by Crippen LogP contribution is 2.35. The Kier molecular flexibility index (Phi) is 7.63. The summed E-state index contributed by atoms with van der Waals surface area (Å²) in [7, 11) is 3.30. The molecular weight excluding hydrogens is 266 g/mol. The van der Waals surface area contributed by atoms with Gasteiger partial charge in [-0.15, -0.1) is 0 Å².